The lowest BCUT2D eigenvalue weighted by Crippen LogP contribution is -2.31. The molecule has 1 fully saturated rings. The van der Waals surface area contributed by atoms with Crippen molar-refractivity contribution in [3.8, 4) is 0 Å². The normalized spacial score (nSPS) is 17.3. The Hall–Kier alpha value is 0.300. The fraction of sp³-hybridized carbons (Fsp3) is 1.00. The first-order valence-corrected chi connectivity index (χ1v) is 5.91. The second-order valence-corrected chi connectivity index (χ2v) is 4.41. The van der Waals surface area contributed by atoms with E-state index in [2.05, 4.69) is 15.9 Å². The van der Waals surface area contributed by atoms with Crippen molar-refractivity contribution in [2.45, 2.75) is 25.7 Å². The maximum Gasteiger partial charge on any atom is 0.251 e. The Morgan fingerprint density at radius 2 is 2.00 bits per heavy atom. The first-order valence-electron chi connectivity index (χ1n) is 4.79. The van der Waals surface area contributed by atoms with Gasteiger partial charge in [-0.05, 0) is 18.9 Å². The molecule has 78 valence electrons. The van der Waals surface area contributed by atoms with Crippen LogP contribution < -0.4 is 0 Å². The third-order valence-corrected chi connectivity index (χ3v) is 2.70. The van der Waals surface area contributed by atoms with Crippen LogP contribution in [-0.4, -0.2) is 36.3 Å². The Balaban J connectivity index is 2.11. The van der Waals surface area contributed by atoms with Crippen LogP contribution in [-0.2, 0) is 0 Å². The molecule has 1 nitrogen and oxygen atoms in total. The molecule has 0 amide bonds. The van der Waals surface area contributed by atoms with E-state index in [4.69, 9.17) is 0 Å². The minimum atomic E-state index is -2.20. The zero-order chi connectivity index (χ0) is 9.68. The van der Waals surface area contributed by atoms with Crippen LogP contribution in [0.3, 0.4) is 0 Å². The molecular weight excluding hydrogens is 240 g/mol. The highest BCUT2D eigenvalue weighted by molar-refractivity contribution is 9.09. The molecular formula is C9H16BrF2N. The smallest absolute Gasteiger partial charge is 0.251 e. The molecule has 0 aromatic rings. The van der Waals surface area contributed by atoms with Gasteiger partial charge in [-0.3, -0.25) is 4.90 Å². The summed E-state index contributed by atoms with van der Waals surface area (Å²) in [6, 6.07) is 0. The molecule has 1 aliphatic rings. The molecule has 1 saturated carbocycles. The molecule has 0 atom stereocenters. The lowest BCUT2D eigenvalue weighted by Gasteiger charge is -2.20. The van der Waals surface area contributed by atoms with E-state index in [0.29, 0.717) is 0 Å². The van der Waals surface area contributed by atoms with E-state index < -0.39 is 6.43 Å². The molecule has 1 rings (SSSR count). The van der Waals surface area contributed by atoms with Crippen molar-refractivity contribution in [3.05, 3.63) is 0 Å². The summed E-state index contributed by atoms with van der Waals surface area (Å²) in [6.07, 6.45) is 1.51. The third kappa shape index (κ3) is 5.57. The van der Waals surface area contributed by atoms with Gasteiger partial charge in [0.15, 0.2) is 0 Å². The second-order valence-electron chi connectivity index (χ2n) is 3.61. The first kappa shape index (κ1) is 11.4. The van der Waals surface area contributed by atoms with Gasteiger partial charge in [-0.15, -0.1) is 0 Å². The van der Waals surface area contributed by atoms with Crippen LogP contribution in [0.2, 0.25) is 0 Å². The summed E-state index contributed by atoms with van der Waals surface area (Å²) in [7, 11) is 0. The SMILES string of the molecule is FC(F)CN(CCBr)CCC1CC1. The van der Waals surface area contributed by atoms with Crippen LogP contribution in [0.5, 0.6) is 0 Å². The van der Waals surface area contributed by atoms with Gasteiger partial charge in [0.2, 0.25) is 0 Å². The molecule has 0 spiro atoms. The standard InChI is InChI=1S/C9H16BrF2N/c10-4-6-13(7-9(11)12)5-3-8-1-2-8/h8-9H,1-7H2. The van der Waals surface area contributed by atoms with Gasteiger partial charge in [-0.2, -0.15) is 0 Å². The van der Waals surface area contributed by atoms with Crippen molar-refractivity contribution in [1.29, 1.82) is 0 Å². The Morgan fingerprint density at radius 1 is 1.31 bits per heavy atom. The van der Waals surface area contributed by atoms with Crippen LogP contribution in [0, 0.1) is 5.92 Å². The van der Waals surface area contributed by atoms with Crippen LogP contribution >= 0.6 is 15.9 Å². The molecule has 0 aromatic heterocycles. The average Bonchev–Trinajstić information content (AvgIpc) is 2.82. The predicted octanol–water partition coefficient (Wildman–Crippen LogP) is 2.75. The van der Waals surface area contributed by atoms with E-state index in [-0.39, 0.29) is 6.54 Å². The summed E-state index contributed by atoms with van der Waals surface area (Å²) in [5.74, 6) is 0.829. The largest absolute Gasteiger partial charge is 0.297 e. The summed E-state index contributed by atoms with van der Waals surface area (Å²) in [5, 5.41) is 0.782. The molecule has 1 aliphatic carbocycles. The maximum absolute atomic E-state index is 12.1. The van der Waals surface area contributed by atoms with Crippen LogP contribution in [0.1, 0.15) is 19.3 Å². The molecule has 0 saturated heterocycles. The number of hydrogen-bond donors (Lipinski definition) is 0. The molecule has 0 N–H and O–H groups in total. The van der Waals surface area contributed by atoms with Gasteiger partial charge in [0.1, 0.15) is 0 Å². The molecule has 0 radical (unpaired) electrons. The summed E-state index contributed by atoms with van der Waals surface area (Å²) in [5.41, 5.74) is 0. The lowest BCUT2D eigenvalue weighted by molar-refractivity contribution is 0.0901. The van der Waals surface area contributed by atoms with Crippen LogP contribution in [0.25, 0.3) is 0 Å². The maximum atomic E-state index is 12.1. The minimum absolute atomic E-state index is 0.0711. The van der Waals surface area contributed by atoms with Gasteiger partial charge < -0.3 is 0 Å². The van der Waals surface area contributed by atoms with E-state index in [1.54, 1.807) is 0 Å². The highest BCUT2D eigenvalue weighted by atomic mass is 79.9. The Kier molecular flexibility index (Phi) is 5.17. The molecule has 0 heterocycles. The van der Waals surface area contributed by atoms with Gasteiger partial charge in [0.25, 0.3) is 6.43 Å². The lowest BCUT2D eigenvalue weighted by atomic mass is 10.3. The van der Waals surface area contributed by atoms with Crippen molar-refractivity contribution in [3.63, 3.8) is 0 Å². The zero-order valence-corrected chi connectivity index (χ0v) is 9.27. The Bertz CT molecular complexity index is 140. The van der Waals surface area contributed by atoms with Crippen molar-refractivity contribution < 1.29 is 8.78 Å². The topological polar surface area (TPSA) is 3.24 Å². The summed E-state index contributed by atoms with van der Waals surface area (Å²) >= 11 is 3.28. The molecule has 0 aromatic carbocycles. The monoisotopic (exact) mass is 255 g/mol. The van der Waals surface area contributed by atoms with Crippen molar-refractivity contribution >= 4 is 15.9 Å². The fourth-order valence-electron chi connectivity index (χ4n) is 1.38. The highest BCUT2D eigenvalue weighted by Crippen LogP contribution is 2.32. The molecule has 0 aliphatic heterocycles. The Labute approximate surface area is 86.6 Å². The second kappa shape index (κ2) is 5.91. The molecule has 0 unspecified atom stereocenters. The van der Waals surface area contributed by atoms with E-state index >= 15 is 0 Å². The van der Waals surface area contributed by atoms with Gasteiger partial charge in [-0.25, -0.2) is 8.78 Å². The van der Waals surface area contributed by atoms with E-state index in [1.807, 2.05) is 4.90 Å². The van der Waals surface area contributed by atoms with Crippen molar-refractivity contribution in [1.82, 2.24) is 4.90 Å². The molecule has 4 heteroatoms. The first-order chi connectivity index (χ1) is 6.22. The van der Waals surface area contributed by atoms with Crippen molar-refractivity contribution in [2.24, 2.45) is 5.92 Å². The van der Waals surface area contributed by atoms with Crippen molar-refractivity contribution in [2.75, 3.05) is 25.0 Å². The van der Waals surface area contributed by atoms with E-state index in [0.717, 1.165) is 30.8 Å². The third-order valence-electron chi connectivity index (χ3n) is 2.35. The van der Waals surface area contributed by atoms with Crippen LogP contribution in [0.4, 0.5) is 8.78 Å². The van der Waals surface area contributed by atoms with Gasteiger partial charge in [0, 0.05) is 11.9 Å². The number of halogens is 3. The fourth-order valence-corrected chi connectivity index (χ4v) is 1.88. The van der Waals surface area contributed by atoms with Crippen LogP contribution in [0.15, 0.2) is 0 Å². The highest BCUT2D eigenvalue weighted by Gasteiger charge is 2.22. The predicted molar refractivity (Wildman–Crippen MR) is 53.6 cm³/mol. The average molecular weight is 256 g/mol. The summed E-state index contributed by atoms with van der Waals surface area (Å²) < 4.78 is 24.2. The molecule has 0 bridgehead atoms. The quantitative estimate of drug-likeness (QED) is 0.633. The van der Waals surface area contributed by atoms with Gasteiger partial charge >= 0.3 is 0 Å². The Morgan fingerprint density at radius 3 is 2.46 bits per heavy atom. The van der Waals surface area contributed by atoms with E-state index in [9.17, 15) is 8.78 Å². The zero-order valence-electron chi connectivity index (χ0n) is 7.69. The molecule has 13 heavy (non-hydrogen) atoms. The van der Waals surface area contributed by atoms with E-state index in [1.165, 1.54) is 12.8 Å². The number of alkyl halides is 3. The van der Waals surface area contributed by atoms with Gasteiger partial charge in [-0.1, -0.05) is 28.8 Å². The number of hydrogen-bond acceptors (Lipinski definition) is 1. The number of nitrogens with zero attached hydrogens (tertiary/aromatic N) is 1. The summed E-state index contributed by atoms with van der Waals surface area (Å²) in [6.45, 7) is 1.50. The number of rotatable bonds is 7. The summed E-state index contributed by atoms with van der Waals surface area (Å²) in [4.78, 5) is 1.84. The van der Waals surface area contributed by atoms with Gasteiger partial charge in [0.05, 0.1) is 6.54 Å². The minimum Gasteiger partial charge on any atom is -0.297 e.